The van der Waals surface area contributed by atoms with E-state index in [-0.39, 0.29) is 20.1 Å². The first-order valence-electron chi connectivity index (χ1n) is 14.2. The Morgan fingerprint density at radius 1 is 0.857 bits per heavy atom. The smallest absolute Gasteiger partial charge is 0.216 e. The van der Waals surface area contributed by atoms with E-state index in [2.05, 4.69) is 104 Å². The Morgan fingerprint density at radius 3 is 2.33 bits per heavy atom. The number of furan rings is 1. The van der Waals surface area contributed by atoms with E-state index in [1.807, 2.05) is 49.5 Å². The zero-order valence-corrected chi connectivity index (χ0v) is 28.8. The molecule has 6 aromatic rings. The molecule has 0 spiro atoms. The van der Waals surface area contributed by atoms with Gasteiger partial charge in [0.15, 0.2) is 0 Å². The van der Waals surface area contributed by atoms with Gasteiger partial charge >= 0.3 is 0 Å². The van der Waals surface area contributed by atoms with Crippen LogP contribution in [0.1, 0.15) is 30.7 Å². The van der Waals surface area contributed by atoms with Gasteiger partial charge < -0.3 is 14.4 Å². The number of nitrogens with zero attached hydrogens (tertiary/aromatic N) is 3. The van der Waals surface area contributed by atoms with E-state index in [0.29, 0.717) is 11.6 Å². The molecule has 0 unspecified atom stereocenters. The molecule has 4 heterocycles. The summed E-state index contributed by atoms with van der Waals surface area (Å²) >= 11 is 0. The predicted octanol–water partition coefficient (Wildman–Crippen LogP) is 8.75. The molecule has 0 aliphatic carbocycles. The average Bonchev–Trinajstić information content (AvgIpc) is 3.29. The number of benzene rings is 2. The molecule has 0 bridgehead atoms. The Hall–Kier alpha value is -3.44. The van der Waals surface area contributed by atoms with Gasteiger partial charge in [-0.1, -0.05) is 62.1 Å². The van der Waals surface area contributed by atoms with Crippen molar-refractivity contribution in [2.24, 2.45) is 5.92 Å². The molecule has 4 nitrogen and oxygen atoms in total. The Labute approximate surface area is 264 Å². The summed E-state index contributed by atoms with van der Waals surface area (Å²) in [5.74, 6) is 0.667. The van der Waals surface area contributed by atoms with Crippen LogP contribution in [-0.4, -0.2) is 23.0 Å². The van der Waals surface area contributed by atoms with E-state index in [9.17, 15) is 0 Å². The van der Waals surface area contributed by atoms with Crippen molar-refractivity contribution in [3.05, 3.63) is 108 Å². The molecule has 6 rings (SSSR count). The molecule has 4 aromatic heterocycles. The second kappa shape index (κ2) is 13.2. The predicted molar refractivity (Wildman–Crippen MR) is 173 cm³/mol. The molecule has 0 amide bonds. The number of pyridine rings is 3. The van der Waals surface area contributed by atoms with Gasteiger partial charge in [-0.15, -0.1) is 59.7 Å². The summed E-state index contributed by atoms with van der Waals surface area (Å²) in [6.45, 7) is 15.8. The van der Waals surface area contributed by atoms with Crippen LogP contribution in [0, 0.1) is 31.9 Å². The third-order valence-electron chi connectivity index (χ3n) is 7.01. The summed E-state index contributed by atoms with van der Waals surface area (Å²) in [5.41, 5.74) is 9.10. The minimum absolute atomic E-state index is 0. The number of rotatable bonds is 5. The van der Waals surface area contributed by atoms with Crippen molar-refractivity contribution in [3.8, 4) is 22.5 Å². The fraction of sp³-hybridized carbons (Fsp3) is 0.250. The fourth-order valence-electron chi connectivity index (χ4n) is 5.01. The zero-order valence-electron chi connectivity index (χ0n) is 25.4. The Balaban J connectivity index is 0.000000189. The van der Waals surface area contributed by atoms with Gasteiger partial charge in [-0.3, -0.25) is 0 Å². The van der Waals surface area contributed by atoms with E-state index >= 15 is 0 Å². The third-order valence-corrected chi connectivity index (χ3v) is 9.08. The van der Waals surface area contributed by atoms with E-state index < -0.39 is 8.07 Å². The molecular weight excluding hydrogens is 711 g/mol. The minimum atomic E-state index is -1.34. The summed E-state index contributed by atoms with van der Waals surface area (Å²) in [5, 5.41) is 3.57. The monoisotopic (exact) mass is 748 g/mol. The van der Waals surface area contributed by atoms with Crippen molar-refractivity contribution in [3.63, 3.8) is 0 Å². The van der Waals surface area contributed by atoms with E-state index in [0.717, 1.165) is 51.0 Å². The fourth-order valence-corrected chi connectivity index (χ4v) is 6.59. The van der Waals surface area contributed by atoms with Gasteiger partial charge in [0.25, 0.3) is 0 Å². The number of fused-ring (bicyclic) bond motifs is 3. The van der Waals surface area contributed by atoms with Crippen LogP contribution in [0.3, 0.4) is 0 Å². The number of hydrogen-bond donors (Lipinski definition) is 0. The molecule has 42 heavy (non-hydrogen) atoms. The van der Waals surface area contributed by atoms with Gasteiger partial charge in [0.1, 0.15) is 0 Å². The molecule has 0 atom stereocenters. The van der Waals surface area contributed by atoms with Crippen LogP contribution < -0.4 is 5.19 Å². The van der Waals surface area contributed by atoms with Gasteiger partial charge in [-0.2, -0.15) is 0 Å². The number of hydrogen-bond acceptors (Lipinski definition) is 4. The molecule has 0 fully saturated rings. The molecule has 217 valence electrons. The summed E-state index contributed by atoms with van der Waals surface area (Å²) in [4.78, 5) is 13.5. The normalized spacial score (nSPS) is 11.3. The summed E-state index contributed by atoms with van der Waals surface area (Å²) < 4.78 is 5.79. The minimum Gasteiger partial charge on any atom is -0.486 e. The first-order valence-corrected chi connectivity index (χ1v) is 17.7. The van der Waals surface area contributed by atoms with Crippen LogP contribution in [0.2, 0.25) is 19.6 Å². The van der Waals surface area contributed by atoms with Gasteiger partial charge in [-0.05, 0) is 61.0 Å². The van der Waals surface area contributed by atoms with Crippen LogP contribution in [-0.2, 0) is 26.5 Å². The molecular formula is C36H37IrN3OSi-2. The van der Waals surface area contributed by atoms with Gasteiger partial charge in [-0.25, -0.2) is 4.98 Å². The Bertz CT molecular complexity index is 1810. The summed E-state index contributed by atoms with van der Waals surface area (Å²) in [6, 6.07) is 28.9. The van der Waals surface area contributed by atoms with Crippen LogP contribution in [0.4, 0.5) is 0 Å². The SMILES string of the molecule is CC(C)Cc1cc(-c2[c-]cccc2)ncc1[Si](C)(C)C.Cc1ccnc(-c2[c-]cc3oc4nc(C)ccc4c3c2)c1.[Ir]. The van der Waals surface area contributed by atoms with Gasteiger partial charge in [0, 0.05) is 43.6 Å². The Morgan fingerprint density at radius 2 is 1.64 bits per heavy atom. The molecule has 1 radical (unpaired) electrons. The van der Waals surface area contributed by atoms with Crippen LogP contribution in [0.15, 0.2) is 83.5 Å². The molecule has 6 heteroatoms. The van der Waals surface area contributed by atoms with Crippen molar-refractivity contribution < 1.29 is 24.5 Å². The van der Waals surface area contributed by atoms with Gasteiger partial charge in [0.05, 0.1) is 13.7 Å². The van der Waals surface area contributed by atoms with E-state index in [1.54, 1.807) is 0 Å². The molecule has 0 aliphatic heterocycles. The molecule has 2 aromatic carbocycles. The maximum Gasteiger partial charge on any atom is 0.216 e. The average molecular weight is 748 g/mol. The molecule has 0 saturated heterocycles. The molecule has 0 saturated carbocycles. The molecule has 0 aliphatic rings. The van der Waals surface area contributed by atoms with Gasteiger partial charge in [0.2, 0.25) is 5.71 Å². The summed E-state index contributed by atoms with van der Waals surface area (Å²) in [7, 11) is -1.34. The van der Waals surface area contributed by atoms with Crippen molar-refractivity contribution >= 4 is 35.3 Å². The maximum absolute atomic E-state index is 5.79. The van der Waals surface area contributed by atoms with Crippen molar-refractivity contribution in [2.75, 3.05) is 0 Å². The van der Waals surface area contributed by atoms with Crippen molar-refractivity contribution in [1.29, 1.82) is 0 Å². The first-order chi connectivity index (χ1) is 19.6. The van der Waals surface area contributed by atoms with Crippen LogP contribution in [0.5, 0.6) is 0 Å². The first kappa shape index (κ1) is 31.5. The standard InChI is InChI=1S/C18H13N2O.C18H24NSi.Ir/c1-11-7-8-19-16(9-11)13-4-6-17-15(10-13)14-5-3-12(2)20-18(14)21-17;1-14(2)11-16-12-17(15-9-7-6-8-10-15)19-13-18(16)20(3,4)5;/h3,5-10H,1-2H3;6-9,12-14H,11H2,1-5H3;/q2*-1;. The van der Waals surface area contributed by atoms with Crippen molar-refractivity contribution in [1.82, 2.24) is 15.0 Å². The zero-order chi connectivity index (χ0) is 29.1. The van der Waals surface area contributed by atoms with Crippen LogP contribution in [0.25, 0.3) is 44.6 Å². The van der Waals surface area contributed by atoms with Crippen LogP contribution >= 0.6 is 0 Å². The second-order valence-electron chi connectivity index (χ2n) is 12.1. The topological polar surface area (TPSA) is 51.8 Å². The third kappa shape index (κ3) is 7.30. The summed E-state index contributed by atoms with van der Waals surface area (Å²) in [6.07, 6.45) is 5.06. The van der Waals surface area contributed by atoms with Crippen molar-refractivity contribution in [2.45, 2.75) is 53.8 Å². The largest absolute Gasteiger partial charge is 0.486 e. The number of aromatic nitrogens is 3. The van der Waals surface area contributed by atoms with E-state index in [4.69, 9.17) is 4.42 Å². The molecule has 0 N–H and O–H groups in total. The Kier molecular flexibility index (Phi) is 9.93. The maximum atomic E-state index is 5.79. The number of aryl methyl sites for hydroxylation is 2. The van der Waals surface area contributed by atoms with E-state index in [1.165, 1.54) is 16.3 Å². The quantitative estimate of drug-likeness (QED) is 0.131. The second-order valence-corrected chi connectivity index (χ2v) is 17.1.